The van der Waals surface area contributed by atoms with Gasteiger partial charge < -0.3 is 14.8 Å². The molecule has 6 nitrogen and oxygen atoms in total. The predicted molar refractivity (Wildman–Crippen MR) is 112 cm³/mol. The summed E-state index contributed by atoms with van der Waals surface area (Å²) in [6, 6.07) is 6.09. The Kier molecular flexibility index (Phi) is 6.31. The first-order valence-electron chi connectivity index (χ1n) is 9.91. The van der Waals surface area contributed by atoms with Crippen LogP contribution >= 0.6 is 11.3 Å². The van der Waals surface area contributed by atoms with Gasteiger partial charge in [-0.1, -0.05) is 12.1 Å². The van der Waals surface area contributed by atoms with Crippen molar-refractivity contribution in [1.82, 2.24) is 14.9 Å². The molecule has 1 aromatic carbocycles. The maximum atomic E-state index is 12.9. The molecule has 1 aliphatic carbocycles. The Balaban J connectivity index is 1.42. The number of halogens is 3. The first kappa shape index (κ1) is 21.8. The van der Waals surface area contributed by atoms with Crippen molar-refractivity contribution in [1.29, 1.82) is 0 Å². The van der Waals surface area contributed by atoms with Crippen molar-refractivity contribution in [2.45, 2.75) is 44.8 Å². The molecule has 1 atom stereocenters. The number of hydrogen-bond donors (Lipinski definition) is 1. The SMILES string of the molecule is COCCn1cnc2sc3c(c2c1=O)CCC(NCc1ccc(OC(F)(F)F)cc1)C3. The lowest BCUT2D eigenvalue weighted by molar-refractivity contribution is -0.274. The molecule has 0 spiro atoms. The largest absolute Gasteiger partial charge is 0.573 e. The minimum Gasteiger partial charge on any atom is -0.406 e. The molecule has 2 heterocycles. The third-order valence-corrected chi connectivity index (χ3v) is 6.49. The van der Waals surface area contributed by atoms with E-state index in [0.29, 0.717) is 19.7 Å². The summed E-state index contributed by atoms with van der Waals surface area (Å²) in [5.41, 5.74) is 1.95. The van der Waals surface area contributed by atoms with E-state index in [1.165, 1.54) is 17.0 Å². The molecule has 166 valence electrons. The van der Waals surface area contributed by atoms with E-state index >= 15 is 0 Å². The first-order chi connectivity index (χ1) is 14.8. The number of alkyl halides is 3. The fourth-order valence-corrected chi connectivity index (χ4v) is 5.05. The molecule has 0 fully saturated rings. The van der Waals surface area contributed by atoms with Crippen LogP contribution in [0.3, 0.4) is 0 Å². The van der Waals surface area contributed by atoms with Crippen LogP contribution in [0.5, 0.6) is 5.75 Å². The van der Waals surface area contributed by atoms with Gasteiger partial charge in [0.2, 0.25) is 0 Å². The number of benzene rings is 1. The lowest BCUT2D eigenvalue weighted by atomic mass is 9.93. The first-order valence-corrected chi connectivity index (χ1v) is 10.7. The fourth-order valence-electron chi connectivity index (χ4n) is 3.80. The number of aromatic nitrogens is 2. The molecule has 4 rings (SSSR count). The van der Waals surface area contributed by atoms with Gasteiger partial charge in [0.25, 0.3) is 5.56 Å². The predicted octanol–water partition coefficient (Wildman–Crippen LogP) is 3.65. The molecule has 0 radical (unpaired) electrons. The second kappa shape index (κ2) is 8.97. The number of nitrogens with one attached hydrogen (secondary N) is 1. The highest BCUT2D eigenvalue weighted by Gasteiger charge is 2.31. The van der Waals surface area contributed by atoms with Crippen LogP contribution in [-0.4, -0.2) is 35.7 Å². The number of fused-ring (bicyclic) bond motifs is 3. The Morgan fingerprint density at radius 1 is 1.29 bits per heavy atom. The summed E-state index contributed by atoms with van der Waals surface area (Å²) in [5.74, 6) is -0.229. The zero-order valence-electron chi connectivity index (χ0n) is 16.9. The van der Waals surface area contributed by atoms with Crippen molar-refractivity contribution >= 4 is 21.6 Å². The maximum Gasteiger partial charge on any atom is 0.573 e. The Labute approximate surface area is 180 Å². The van der Waals surface area contributed by atoms with Gasteiger partial charge in [-0.15, -0.1) is 24.5 Å². The standard InChI is InChI=1S/C21H22F3N3O3S/c1-29-9-8-27-12-26-19-18(20(27)28)16-7-4-14(10-17(16)31-19)25-11-13-2-5-15(6-3-13)30-21(22,23)24/h2-3,5-6,12,14,25H,4,7-11H2,1H3. The molecule has 2 aromatic heterocycles. The van der Waals surface area contributed by atoms with E-state index in [0.717, 1.165) is 40.6 Å². The number of ether oxygens (including phenoxy) is 2. The number of methoxy groups -OCH3 is 1. The van der Waals surface area contributed by atoms with Gasteiger partial charge in [-0.25, -0.2) is 4.98 Å². The van der Waals surface area contributed by atoms with Crippen LogP contribution in [-0.2, 0) is 30.7 Å². The topological polar surface area (TPSA) is 65.4 Å². The van der Waals surface area contributed by atoms with Crippen molar-refractivity contribution in [3.63, 3.8) is 0 Å². The molecule has 0 amide bonds. The Morgan fingerprint density at radius 2 is 2.06 bits per heavy atom. The van der Waals surface area contributed by atoms with Crippen LogP contribution in [0.4, 0.5) is 13.2 Å². The molecule has 0 saturated heterocycles. The normalized spacial score (nSPS) is 16.5. The molecule has 3 aromatic rings. The number of thiophene rings is 1. The highest BCUT2D eigenvalue weighted by atomic mass is 32.1. The smallest absolute Gasteiger partial charge is 0.406 e. The van der Waals surface area contributed by atoms with Crippen molar-refractivity contribution in [2.75, 3.05) is 13.7 Å². The second-order valence-electron chi connectivity index (χ2n) is 7.43. The molecule has 1 unspecified atom stereocenters. The molecule has 10 heteroatoms. The van der Waals surface area contributed by atoms with E-state index in [9.17, 15) is 18.0 Å². The fraction of sp³-hybridized carbons (Fsp3) is 0.429. The van der Waals surface area contributed by atoms with E-state index in [-0.39, 0.29) is 17.4 Å². The monoisotopic (exact) mass is 453 g/mol. The van der Waals surface area contributed by atoms with E-state index in [1.807, 2.05) is 0 Å². The number of hydrogen-bond acceptors (Lipinski definition) is 6. The molecule has 0 bridgehead atoms. The van der Waals surface area contributed by atoms with Gasteiger partial charge in [0.05, 0.1) is 24.9 Å². The van der Waals surface area contributed by atoms with Gasteiger partial charge in [-0.05, 0) is 42.5 Å². The molecular formula is C21H22F3N3O3S. The lowest BCUT2D eigenvalue weighted by Gasteiger charge is -2.23. The lowest BCUT2D eigenvalue weighted by Crippen LogP contribution is -2.33. The maximum absolute atomic E-state index is 12.9. The summed E-state index contributed by atoms with van der Waals surface area (Å²) in [4.78, 5) is 19.3. The summed E-state index contributed by atoms with van der Waals surface area (Å²) in [6.45, 7) is 1.47. The second-order valence-corrected chi connectivity index (χ2v) is 8.52. The summed E-state index contributed by atoms with van der Waals surface area (Å²) in [6.07, 6.45) is -0.653. The van der Waals surface area contributed by atoms with E-state index in [4.69, 9.17) is 4.74 Å². The van der Waals surface area contributed by atoms with Crippen LogP contribution in [0.2, 0.25) is 0 Å². The van der Waals surface area contributed by atoms with Gasteiger partial charge in [0.1, 0.15) is 10.6 Å². The van der Waals surface area contributed by atoms with Crippen molar-refractivity contribution in [3.05, 3.63) is 57.0 Å². The average Bonchev–Trinajstić information content (AvgIpc) is 3.10. The molecule has 0 aliphatic heterocycles. The van der Waals surface area contributed by atoms with E-state index in [2.05, 4.69) is 15.0 Å². The third kappa shape index (κ3) is 5.08. The Hall–Kier alpha value is -2.43. The van der Waals surface area contributed by atoms with E-state index in [1.54, 1.807) is 41.5 Å². The summed E-state index contributed by atoms with van der Waals surface area (Å²) in [7, 11) is 1.60. The van der Waals surface area contributed by atoms with Gasteiger partial charge in [0, 0.05) is 24.6 Å². The Bertz CT molecular complexity index is 1110. The number of aryl methyl sites for hydroxylation is 1. The number of nitrogens with zero attached hydrogens (tertiary/aromatic N) is 2. The van der Waals surface area contributed by atoms with E-state index < -0.39 is 6.36 Å². The summed E-state index contributed by atoms with van der Waals surface area (Å²) < 4.78 is 47.4. The molecule has 0 saturated carbocycles. The average molecular weight is 453 g/mol. The molecule has 31 heavy (non-hydrogen) atoms. The van der Waals surface area contributed by atoms with Crippen LogP contribution < -0.4 is 15.6 Å². The highest BCUT2D eigenvalue weighted by molar-refractivity contribution is 7.18. The van der Waals surface area contributed by atoms with Gasteiger partial charge in [-0.3, -0.25) is 9.36 Å². The van der Waals surface area contributed by atoms with Crippen LogP contribution in [0, 0.1) is 0 Å². The van der Waals surface area contributed by atoms with Gasteiger partial charge in [-0.2, -0.15) is 0 Å². The van der Waals surface area contributed by atoms with Crippen LogP contribution in [0.25, 0.3) is 10.2 Å². The minimum absolute atomic E-state index is 0.0212. The number of rotatable bonds is 7. The summed E-state index contributed by atoms with van der Waals surface area (Å²) in [5, 5.41) is 4.19. The van der Waals surface area contributed by atoms with Gasteiger partial charge >= 0.3 is 6.36 Å². The van der Waals surface area contributed by atoms with Crippen molar-refractivity contribution < 1.29 is 22.6 Å². The zero-order chi connectivity index (χ0) is 22.0. The van der Waals surface area contributed by atoms with Crippen molar-refractivity contribution in [2.24, 2.45) is 0 Å². The Morgan fingerprint density at radius 3 is 2.77 bits per heavy atom. The highest BCUT2D eigenvalue weighted by Crippen LogP contribution is 2.33. The molecule has 1 N–H and O–H groups in total. The molecular weight excluding hydrogens is 431 g/mol. The summed E-state index contributed by atoms with van der Waals surface area (Å²) >= 11 is 1.56. The van der Waals surface area contributed by atoms with Crippen LogP contribution in [0.1, 0.15) is 22.4 Å². The minimum atomic E-state index is -4.69. The van der Waals surface area contributed by atoms with Crippen LogP contribution in [0.15, 0.2) is 35.4 Å². The third-order valence-electron chi connectivity index (χ3n) is 5.32. The molecule has 1 aliphatic rings. The van der Waals surface area contributed by atoms with Gasteiger partial charge in [0.15, 0.2) is 0 Å². The zero-order valence-corrected chi connectivity index (χ0v) is 17.7. The quantitative estimate of drug-likeness (QED) is 0.592. The van der Waals surface area contributed by atoms with Crippen molar-refractivity contribution in [3.8, 4) is 5.75 Å².